The molecule has 36 heavy (non-hydrogen) atoms. The number of thiazole rings is 1. The molecule has 0 bridgehead atoms. The van der Waals surface area contributed by atoms with Gasteiger partial charge in [-0.25, -0.2) is 4.98 Å². The van der Waals surface area contributed by atoms with E-state index in [0.29, 0.717) is 34.0 Å². The zero-order valence-electron chi connectivity index (χ0n) is 19.8. The monoisotopic (exact) mass is 521 g/mol. The Kier molecular flexibility index (Phi) is 7.87. The van der Waals surface area contributed by atoms with E-state index in [0.717, 1.165) is 14.6 Å². The minimum absolute atomic E-state index is 0.0609. The molecule has 4 rings (SSSR count). The zero-order valence-corrected chi connectivity index (χ0v) is 21.4. The number of nitrogens with zero attached hydrogens (tertiary/aromatic N) is 1. The van der Waals surface area contributed by atoms with Gasteiger partial charge in [-0.2, -0.15) is 0 Å². The van der Waals surface area contributed by atoms with Gasteiger partial charge in [-0.05, 0) is 55.5 Å². The number of Topliss-reactive ketones (excluding diaryl/α,β-unsaturated/α-hetero) is 1. The van der Waals surface area contributed by atoms with E-state index in [4.69, 9.17) is 9.47 Å². The topological polar surface area (TPSA) is 107 Å². The van der Waals surface area contributed by atoms with Crippen molar-refractivity contribution in [2.45, 2.75) is 11.3 Å². The Balaban J connectivity index is 1.39. The number of carbonyl (C=O) groups is 3. The summed E-state index contributed by atoms with van der Waals surface area (Å²) in [5.74, 6) is 0.660. The molecule has 0 aliphatic carbocycles. The molecular formula is C26H23N3O5S2. The van der Waals surface area contributed by atoms with Crippen LogP contribution < -0.4 is 20.1 Å². The number of hydrogen-bond donors (Lipinski definition) is 2. The van der Waals surface area contributed by atoms with Crippen molar-refractivity contribution in [1.29, 1.82) is 0 Å². The first kappa shape index (κ1) is 25.2. The van der Waals surface area contributed by atoms with Crippen molar-refractivity contribution in [1.82, 2.24) is 4.98 Å². The van der Waals surface area contributed by atoms with E-state index in [1.807, 2.05) is 12.1 Å². The molecule has 0 saturated heterocycles. The number of anilines is 2. The molecule has 4 aromatic rings. The van der Waals surface area contributed by atoms with Gasteiger partial charge in [-0.15, -0.1) is 11.3 Å². The van der Waals surface area contributed by atoms with Gasteiger partial charge in [0.1, 0.15) is 0 Å². The molecule has 3 aromatic carbocycles. The molecule has 10 heteroatoms. The lowest BCUT2D eigenvalue weighted by molar-refractivity contribution is -0.113. The van der Waals surface area contributed by atoms with E-state index < -0.39 is 0 Å². The highest BCUT2D eigenvalue weighted by molar-refractivity contribution is 8.01. The predicted molar refractivity (Wildman–Crippen MR) is 143 cm³/mol. The van der Waals surface area contributed by atoms with Crippen LogP contribution >= 0.6 is 23.1 Å². The third-order valence-electron chi connectivity index (χ3n) is 5.15. The van der Waals surface area contributed by atoms with Crippen LogP contribution in [0.1, 0.15) is 27.6 Å². The molecule has 1 aromatic heterocycles. The Morgan fingerprint density at radius 2 is 1.67 bits per heavy atom. The van der Waals surface area contributed by atoms with Gasteiger partial charge in [0.25, 0.3) is 5.91 Å². The van der Waals surface area contributed by atoms with E-state index in [1.54, 1.807) is 48.5 Å². The molecule has 0 unspecified atom stereocenters. The predicted octanol–water partition coefficient (Wildman–Crippen LogP) is 5.50. The number of carbonyl (C=O) groups excluding carboxylic acids is 3. The number of nitrogens with one attached hydrogen (secondary N) is 2. The number of benzene rings is 3. The number of aromatic nitrogens is 1. The number of ketones is 1. The fraction of sp³-hybridized carbons (Fsp3) is 0.154. The van der Waals surface area contributed by atoms with Crippen LogP contribution in [0, 0.1) is 0 Å². The molecule has 1 heterocycles. The van der Waals surface area contributed by atoms with Crippen molar-refractivity contribution in [3.05, 3.63) is 71.8 Å². The number of amides is 2. The van der Waals surface area contributed by atoms with Crippen LogP contribution in [0.2, 0.25) is 0 Å². The summed E-state index contributed by atoms with van der Waals surface area (Å²) >= 11 is 2.76. The minimum Gasteiger partial charge on any atom is -0.493 e. The molecular weight excluding hydrogens is 498 g/mol. The number of hydrogen-bond acceptors (Lipinski definition) is 8. The number of thioether (sulfide) groups is 1. The minimum atomic E-state index is -0.278. The van der Waals surface area contributed by atoms with E-state index in [1.165, 1.54) is 44.2 Å². The summed E-state index contributed by atoms with van der Waals surface area (Å²) in [6, 6.07) is 17.3. The first-order valence-electron chi connectivity index (χ1n) is 10.8. The molecule has 0 spiro atoms. The summed E-state index contributed by atoms with van der Waals surface area (Å²) in [4.78, 5) is 41.2. The van der Waals surface area contributed by atoms with Crippen LogP contribution in [0.4, 0.5) is 11.4 Å². The SMILES string of the molecule is COc1ccc(C(=O)Nc2ccc3nc(SCC(=O)Nc4cccc(C(C)=O)c4)sc3c2)cc1OC. The Labute approximate surface area is 216 Å². The molecule has 0 aliphatic heterocycles. The number of ether oxygens (including phenoxy) is 2. The Morgan fingerprint density at radius 1 is 0.889 bits per heavy atom. The van der Waals surface area contributed by atoms with Crippen molar-refractivity contribution in [2.24, 2.45) is 0 Å². The highest BCUT2D eigenvalue weighted by Gasteiger charge is 2.13. The second-order valence-electron chi connectivity index (χ2n) is 7.66. The highest BCUT2D eigenvalue weighted by Crippen LogP contribution is 2.32. The average molecular weight is 522 g/mol. The largest absolute Gasteiger partial charge is 0.493 e. The maximum Gasteiger partial charge on any atom is 0.255 e. The van der Waals surface area contributed by atoms with Crippen LogP contribution in [0.25, 0.3) is 10.2 Å². The van der Waals surface area contributed by atoms with Crippen molar-refractivity contribution in [2.75, 3.05) is 30.6 Å². The van der Waals surface area contributed by atoms with Gasteiger partial charge in [0.15, 0.2) is 21.6 Å². The second kappa shape index (κ2) is 11.2. The van der Waals surface area contributed by atoms with Crippen molar-refractivity contribution in [3.63, 3.8) is 0 Å². The van der Waals surface area contributed by atoms with E-state index >= 15 is 0 Å². The average Bonchev–Trinajstić information content (AvgIpc) is 3.29. The van der Waals surface area contributed by atoms with E-state index in [2.05, 4.69) is 15.6 Å². The van der Waals surface area contributed by atoms with Crippen LogP contribution in [-0.4, -0.2) is 42.6 Å². The maximum atomic E-state index is 12.7. The van der Waals surface area contributed by atoms with Gasteiger partial charge in [0, 0.05) is 22.5 Å². The van der Waals surface area contributed by atoms with Gasteiger partial charge < -0.3 is 20.1 Å². The van der Waals surface area contributed by atoms with E-state index in [9.17, 15) is 14.4 Å². The fourth-order valence-electron chi connectivity index (χ4n) is 3.36. The van der Waals surface area contributed by atoms with Crippen molar-refractivity contribution in [3.8, 4) is 11.5 Å². The molecule has 184 valence electrons. The number of methoxy groups -OCH3 is 2. The molecule has 0 saturated carbocycles. The van der Waals surface area contributed by atoms with Gasteiger partial charge in [-0.3, -0.25) is 14.4 Å². The first-order chi connectivity index (χ1) is 17.4. The van der Waals surface area contributed by atoms with Crippen molar-refractivity contribution >= 4 is 62.3 Å². The highest BCUT2D eigenvalue weighted by atomic mass is 32.2. The lowest BCUT2D eigenvalue weighted by atomic mass is 10.1. The summed E-state index contributed by atoms with van der Waals surface area (Å²) in [6.45, 7) is 1.48. The summed E-state index contributed by atoms with van der Waals surface area (Å²) in [7, 11) is 3.05. The van der Waals surface area contributed by atoms with Crippen LogP contribution in [0.5, 0.6) is 11.5 Å². The summed E-state index contributed by atoms with van der Waals surface area (Å²) in [5.41, 5.74) is 2.97. The normalized spacial score (nSPS) is 10.6. The molecule has 8 nitrogen and oxygen atoms in total. The van der Waals surface area contributed by atoms with Crippen LogP contribution in [0.15, 0.2) is 65.0 Å². The van der Waals surface area contributed by atoms with Gasteiger partial charge in [0.2, 0.25) is 5.91 Å². The Hall–Kier alpha value is -3.89. The maximum absolute atomic E-state index is 12.7. The summed E-state index contributed by atoms with van der Waals surface area (Å²) in [6.07, 6.45) is 0. The number of fused-ring (bicyclic) bond motifs is 1. The second-order valence-corrected chi connectivity index (χ2v) is 9.91. The molecule has 2 N–H and O–H groups in total. The molecule has 0 aliphatic rings. The lowest BCUT2D eigenvalue weighted by Gasteiger charge is -2.10. The molecule has 0 radical (unpaired) electrons. The Bertz CT molecular complexity index is 1450. The third kappa shape index (κ3) is 6.02. The smallest absolute Gasteiger partial charge is 0.255 e. The quantitative estimate of drug-likeness (QED) is 0.221. The summed E-state index contributed by atoms with van der Waals surface area (Å²) in [5, 5.41) is 5.69. The zero-order chi connectivity index (χ0) is 25.7. The molecule has 2 amide bonds. The third-order valence-corrected chi connectivity index (χ3v) is 7.31. The fourth-order valence-corrected chi connectivity index (χ4v) is 5.27. The standard InChI is InChI=1S/C26H23N3O5S2/c1-15(30)16-5-4-6-18(11-16)27-24(31)14-35-26-29-20-9-8-19(13-23(20)36-26)28-25(32)17-7-10-21(33-2)22(12-17)34-3/h4-13H,14H2,1-3H3,(H,27,31)(H,28,32). The molecule has 0 atom stereocenters. The number of rotatable bonds is 9. The molecule has 0 fully saturated rings. The van der Waals surface area contributed by atoms with Crippen LogP contribution in [-0.2, 0) is 4.79 Å². The lowest BCUT2D eigenvalue weighted by Crippen LogP contribution is -2.14. The summed E-state index contributed by atoms with van der Waals surface area (Å²) < 4.78 is 12.1. The van der Waals surface area contributed by atoms with Gasteiger partial charge in [-0.1, -0.05) is 23.9 Å². The van der Waals surface area contributed by atoms with Crippen molar-refractivity contribution < 1.29 is 23.9 Å². The Morgan fingerprint density at radius 3 is 2.42 bits per heavy atom. The van der Waals surface area contributed by atoms with E-state index in [-0.39, 0.29) is 23.4 Å². The van der Waals surface area contributed by atoms with Gasteiger partial charge >= 0.3 is 0 Å². The van der Waals surface area contributed by atoms with Gasteiger partial charge in [0.05, 0.1) is 30.2 Å². The van der Waals surface area contributed by atoms with Crippen LogP contribution in [0.3, 0.4) is 0 Å². The first-order valence-corrected chi connectivity index (χ1v) is 12.6.